The second-order valence-corrected chi connectivity index (χ2v) is 3.95. The van der Waals surface area contributed by atoms with Gasteiger partial charge >= 0.3 is 5.97 Å². The molecule has 0 spiro atoms. The molecule has 1 aliphatic rings. The Bertz CT molecular complexity index is 395. The summed E-state index contributed by atoms with van der Waals surface area (Å²) in [6.45, 7) is 3.76. The minimum Gasteiger partial charge on any atom is -0.511 e. The number of rotatable bonds is 4. The average Bonchev–Trinajstić information content (AvgIpc) is 2.28. The van der Waals surface area contributed by atoms with Gasteiger partial charge in [-0.1, -0.05) is 6.92 Å². The summed E-state index contributed by atoms with van der Waals surface area (Å²) in [7, 11) is 0. The maximum absolute atomic E-state index is 11.5. The fourth-order valence-electron chi connectivity index (χ4n) is 1.72. The van der Waals surface area contributed by atoms with E-state index in [2.05, 4.69) is 0 Å². The largest absolute Gasteiger partial charge is 0.511 e. The average molecular weight is 254 g/mol. The Hall–Kier alpha value is -1.91. The van der Waals surface area contributed by atoms with Crippen molar-refractivity contribution in [1.29, 1.82) is 0 Å². The Morgan fingerprint density at radius 2 is 1.83 bits per heavy atom. The molecule has 0 aromatic carbocycles. The molecule has 0 bridgehead atoms. The number of carbonyl (C=O) groups excluding carboxylic acids is 1. The first kappa shape index (κ1) is 14.2. The van der Waals surface area contributed by atoms with E-state index in [0.29, 0.717) is 12.8 Å². The van der Waals surface area contributed by atoms with Crippen molar-refractivity contribution in [2.24, 2.45) is 5.92 Å². The third kappa shape index (κ3) is 3.06. The predicted molar refractivity (Wildman–Crippen MR) is 66.1 cm³/mol. The number of aliphatic hydroxyl groups is 3. The number of ether oxygens (including phenoxy) is 1. The predicted octanol–water partition coefficient (Wildman–Crippen LogP) is 2.68. The summed E-state index contributed by atoms with van der Waals surface area (Å²) >= 11 is 0. The second kappa shape index (κ2) is 6.14. The van der Waals surface area contributed by atoms with Gasteiger partial charge in [0.25, 0.3) is 0 Å². The molecule has 3 N–H and O–H groups in total. The molecule has 5 nitrogen and oxygen atoms in total. The van der Waals surface area contributed by atoms with Crippen molar-refractivity contribution in [3.05, 3.63) is 35.0 Å². The number of hydrogen-bond donors (Lipinski definition) is 3. The minimum absolute atomic E-state index is 0.0163. The van der Waals surface area contributed by atoms with Gasteiger partial charge in [-0.25, -0.2) is 0 Å². The van der Waals surface area contributed by atoms with Gasteiger partial charge in [0.2, 0.25) is 0 Å². The van der Waals surface area contributed by atoms with Crippen LogP contribution in [0.15, 0.2) is 35.0 Å². The van der Waals surface area contributed by atoms with Crippen LogP contribution >= 0.6 is 0 Å². The highest BCUT2D eigenvalue weighted by Crippen LogP contribution is 2.28. The van der Waals surface area contributed by atoms with Crippen molar-refractivity contribution in [1.82, 2.24) is 0 Å². The normalized spacial score (nSPS) is 19.0. The van der Waals surface area contributed by atoms with Crippen LogP contribution in [0.4, 0.5) is 0 Å². The van der Waals surface area contributed by atoms with Crippen LogP contribution in [-0.2, 0) is 9.53 Å². The first-order chi connectivity index (χ1) is 8.51. The van der Waals surface area contributed by atoms with E-state index in [1.165, 1.54) is 12.2 Å². The van der Waals surface area contributed by atoms with Gasteiger partial charge in [0, 0.05) is 6.42 Å². The van der Waals surface area contributed by atoms with Gasteiger partial charge in [0.1, 0.15) is 23.2 Å². The van der Waals surface area contributed by atoms with Crippen LogP contribution in [0, 0.1) is 5.92 Å². The Morgan fingerprint density at radius 1 is 1.28 bits per heavy atom. The van der Waals surface area contributed by atoms with E-state index in [0.717, 1.165) is 0 Å². The highest BCUT2D eigenvalue weighted by atomic mass is 16.5. The monoisotopic (exact) mass is 254 g/mol. The minimum atomic E-state index is -0.830. The molecular formula is C13H18O5. The molecule has 100 valence electrons. The fourth-order valence-corrected chi connectivity index (χ4v) is 1.72. The lowest BCUT2D eigenvalue weighted by Crippen LogP contribution is -2.19. The highest BCUT2D eigenvalue weighted by molar-refractivity contribution is 5.78. The molecule has 18 heavy (non-hydrogen) atoms. The number of aliphatic hydroxyl groups excluding tert-OH is 3. The van der Waals surface area contributed by atoms with E-state index in [-0.39, 0.29) is 29.5 Å². The van der Waals surface area contributed by atoms with Crippen molar-refractivity contribution < 1.29 is 24.9 Å². The van der Waals surface area contributed by atoms with E-state index >= 15 is 0 Å². The molecule has 0 atom stereocenters. The molecule has 0 aromatic rings. The van der Waals surface area contributed by atoms with E-state index in [1.807, 2.05) is 6.92 Å². The third-order valence-electron chi connectivity index (χ3n) is 2.52. The summed E-state index contributed by atoms with van der Waals surface area (Å²) in [5.74, 6) is -2.09. The third-order valence-corrected chi connectivity index (χ3v) is 2.52. The van der Waals surface area contributed by atoms with Crippen LogP contribution < -0.4 is 0 Å². The number of hydrogen-bond acceptors (Lipinski definition) is 5. The van der Waals surface area contributed by atoms with Gasteiger partial charge in [0.05, 0.1) is 12.2 Å². The number of carbonyl (C=O) groups is 1. The lowest BCUT2D eigenvalue weighted by molar-refractivity contribution is -0.144. The Morgan fingerprint density at radius 3 is 2.28 bits per heavy atom. The lowest BCUT2D eigenvalue weighted by Gasteiger charge is -2.17. The molecule has 0 amide bonds. The van der Waals surface area contributed by atoms with Crippen LogP contribution in [0.3, 0.4) is 0 Å². The van der Waals surface area contributed by atoms with Crippen molar-refractivity contribution in [2.75, 3.05) is 6.61 Å². The highest BCUT2D eigenvalue weighted by Gasteiger charge is 2.26. The molecule has 0 fully saturated rings. The van der Waals surface area contributed by atoms with E-state index < -0.39 is 11.9 Å². The topological polar surface area (TPSA) is 87.0 Å². The summed E-state index contributed by atoms with van der Waals surface area (Å²) in [6, 6.07) is 0. The molecule has 0 radical (unpaired) electrons. The zero-order valence-electron chi connectivity index (χ0n) is 10.5. The van der Waals surface area contributed by atoms with E-state index in [4.69, 9.17) is 4.74 Å². The molecule has 1 rings (SSSR count). The van der Waals surface area contributed by atoms with Crippen molar-refractivity contribution in [3.63, 3.8) is 0 Å². The summed E-state index contributed by atoms with van der Waals surface area (Å²) < 4.78 is 4.79. The quantitative estimate of drug-likeness (QED) is 0.530. The molecule has 0 saturated heterocycles. The van der Waals surface area contributed by atoms with Crippen LogP contribution in [-0.4, -0.2) is 27.9 Å². The van der Waals surface area contributed by atoms with Crippen molar-refractivity contribution >= 4 is 5.97 Å². The van der Waals surface area contributed by atoms with E-state index in [9.17, 15) is 20.1 Å². The van der Waals surface area contributed by atoms with Gasteiger partial charge in [0.15, 0.2) is 0 Å². The molecular weight excluding hydrogens is 236 g/mol. The maximum atomic E-state index is 11.5. The first-order valence-corrected chi connectivity index (χ1v) is 5.92. The molecule has 0 aliphatic heterocycles. The lowest BCUT2D eigenvalue weighted by atomic mass is 9.95. The maximum Gasteiger partial charge on any atom is 0.316 e. The van der Waals surface area contributed by atoms with Gasteiger partial charge in [-0.15, -0.1) is 0 Å². The van der Waals surface area contributed by atoms with Gasteiger partial charge in [-0.2, -0.15) is 0 Å². The first-order valence-electron chi connectivity index (χ1n) is 5.92. The molecule has 1 aliphatic carbocycles. The molecule has 0 aromatic heterocycles. The Labute approximate surface area is 106 Å². The molecule has 0 unspecified atom stereocenters. The van der Waals surface area contributed by atoms with Crippen LogP contribution in [0.1, 0.15) is 26.7 Å². The zero-order chi connectivity index (χ0) is 13.7. The fraction of sp³-hybridized carbons (Fsp3) is 0.462. The standard InChI is InChI=1S/C13H18O5/c1-3-5-9(14)12-10(15)6-8(7-11(12)16)13(17)18-4-2/h6-8,14-16H,3-5H2,1-2H3. The van der Waals surface area contributed by atoms with Crippen LogP contribution in [0.25, 0.3) is 0 Å². The summed E-state index contributed by atoms with van der Waals surface area (Å²) in [4.78, 5) is 11.5. The molecule has 0 heterocycles. The van der Waals surface area contributed by atoms with Crippen molar-refractivity contribution in [3.8, 4) is 0 Å². The Kier molecular flexibility index (Phi) is 4.83. The van der Waals surface area contributed by atoms with Crippen LogP contribution in [0.5, 0.6) is 0 Å². The Balaban J connectivity index is 3.00. The van der Waals surface area contributed by atoms with Gasteiger partial charge in [-0.05, 0) is 25.5 Å². The SMILES string of the molecule is CCCC(O)=C1C(O)=CC(C(=O)OCC)C=C1O. The molecule has 0 saturated carbocycles. The van der Waals surface area contributed by atoms with E-state index in [1.54, 1.807) is 6.92 Å². The van der Waals surface area contributed by atoms with Crippen LogP contribution in [0.2, 0.25) is 0 Å². The zero-order valence-corrected chi connectivity index (χ0v) is 10.5. The summed E-state index contributed by atoms with van der Waals surface area (Å²) in [5.41, 5.74) is -0.0163. The second-order valence-electron chi connectivity index (χ2n) is 3.95. The molecule has 5 heteroatoms. The summed E-state index contributed by atoms with van der Waals surface area (Å²) in [6.07, 6.45) is 3.52. The summed E-state index contributed by atoms with van der Waals surface area (Å²) in [5, 5.41) is 29.2. The van der Waals surface area contributed by atoms with Gasteiger partial charge < -0.3 is 20.1 Å². The number of esters is 1. The van der Waals surface area contributed by atoms with Gasteiger partial charge in [-0.3, -0.25) is 4.79 Å². The van der Waals surface area contributed by atoms with Crippen molar-refractivity contribution in [2.45, 2.75) is 26.7 Å². The number of allylic oxidation sites excluding steroid dienone is 1. The smallest absolute Gasteiger partial charge is 0.316 e.